The van der Waals surface area contributed by atoms with Gasteiger partial charge in [-0.2, -0.15) is 9.49 Å². The lowest BCUT2D eigenvalue weighted by molar-refractivity contribution is 0.0740. The minimum absolute atomic E-state index is 0.0171. The van der Waals surface area contributed by atoms with Crippen LogP contribution in [0.4, 0.5) is 17.6 Å². The van der Waals surface area contributed by atoms with Crippen LogP contribution in [0.1, 0.15) is 38.3 Å². The molecule has 0 saturated heterocycles. The summed E-state index contributed by atoms with van der Waals surface area (Å²) in [7, 11) is 2.38. The Hall–Kier alpha value is -4.52. The van der Waals surface area contributed by atoms with Gasteiger partial charge in [-0.15, -0.1) is 0 Å². The largest absolute Gasteiger partial charge is 0.493 e. The maximum atomic E-state index is 15.2. The molecule has 13 heteroatoms. The highest BCUT2D eigenvalue weighted by Crippen LogP contribution is 2.48. The lowest BCUT2D eigenvalue weighted by Gasteiger charge is -2.24. The number of benzene rings is 3. The third kappa shape index (κ3) is 5.44. The number of nitrogens with zero attached hydrogens (tertiary/aromatic N) is 3. The molecule has 1 unspecified atom stereocenters. The van der Waals surface area contributed by atoms with Gasteiger partial charge < -0.3 is 18.7 Å². The second kappa shape index (κ2) is 11.5. The molecule has 1 atom stereocenters. The number of ether oxygens (including phenoxy) is 3. The standard InChI is InChI=1S/C28H21F4N3O5S/c1-14-11-17(34-40-14)13-39-24-18(5-4-6-21(24)37-2)28-35(33-26(41-28)15-7-9-16(29)10-8-15)27(36)19-12-20(30)23(32)25(38-3)22(19)31/h4-12,28H,13H2,1-3H3. The van der Waals surface area contributed by atoms with Crippen LogP contribution in [0.5, 0.6) is 17.2 Å². The van der Waals surface area contributed by atoms with Gasteiger partial charge >= 0.3 is 0 Å². The van der Waals surface area contributed by atoms with E-state index in [0.29, 0.717) is 34.4 Å². The number of carbonyl (C=O) groups excluding carboxylic acids is 1. The third-order valence-corrected chi connectivity index (χ3v) is 7.25. The van der Waals surface area contributed by atoms with E-state index in [9.17, 15) is 18.0 Å². The molecule has 41 heavy (non-hydrogen) atoms. The van der Waals surface area contributed by atoms with Gasteiger partial charge in [0.05, 0.1) is 19.8 Å². The molecule has 8 nitrogen and oxygen atoms in total. The van der Waals surface area contributed by atoms with Crippen LogP contribution in [0.15, 0.2) is 64.2 Å². The number of amides is 1. The number of halogens is 4. The van der Waals surface area contributed by atoms with Crippen LogP contribution in [0.2, 0.25) is 0 Å². The first-order valence-electron chi connectivity index (χ1n) is 12.0. The summed E-state index contributed by atoms with van der Waals surface area (Å²) in [6.45, 7) is 1.71. The number of hydrogen-bond donors (Lipinski definition) is 0. The highest BCUT2D eigenvalue weighted by Gasteiger charge is 2.39. The first-order valence-corrected chi connectivity index (χ1v) is 12.9. The summed E-state index contributed by atoms with van der Waals surface area (Å²) >= 11 is 1.08. The van der Waals surface area contributed by atoms with Gasteiger partial charge in [-0.05, 0) is 43.3 Å². The summed E-state index contributed by atoms with van der Waals surface area (Å²) in [6.07, 6.45) is 0. The van der Waals surface area contributed by atoms with Crippen molar-refractivity contribution in [2.75, 3.05) is 14.2 Å². The fraction of sp³-hybridized carbons (Fsp3) is 0.179. The molecule has 1 aliphatic rings. The lowest BCUT2D eigenvalue weighted by Crippen LogP contribution is -2.28. The van der Waals surface area contributed by atoms with Crippen molar-refractivity contribution >= 4 is 22.7 Å². The van der Waals surface area contributed by atoms with Crippen molar-refractivity contribution in [2.24, 2.45) is 5.10 Å². The van der Waals surface area contributed by atoms with Crippen molar-refractivity contribution < 1.29 is 41.1 Å². The van der Waals surface area contributed by atoms with E-state index >= 15 is 4.39 Å². The molecule has 2 heterocycles. The van der Waals surface area contributed by atoms with Crippen molar-refractivity contribution in [3.05, 3.63) is 106 Å². The number of hydrazone groups is 1. The zero-order chi connectivity index (χ0) is 29.3. The Labute approximate surface area is 235 Å². The predicted octanol–water partition coefficient (Wildman–Crippen LogP) is 6.39. The lowest BCUT2D eigenvalue weighted by atomic mass is 10.1. The molecule has 0 radical (unpaired) electrons. The summed E-state index contributed by atoms with van der Waals surface area (Å²) in [4.78, 5) is 13.7. The number of rotatable bonds is 8. The molecule has 5 rings (SSSR count). The fourth-order valence-corrected chi connectivity index (χ4v) is 5.28. The van der Waals surface area contributed by atoms with Crippen molar-refractivity contribution in [1.82, 2.24) is 10.2 Å². The Morgan fingerprint density at radius 1 is 1.00 bits per heavy atom. The van der Waals surface area contributed by atoms with E-state index in [1.807, 2.05) is 0 Å². The van der Waals surface area contributed by atoms with Crippen LogP contribution < -0.4 is 14.2 Å². The molecule has 0 bridgehead atoms. The van der Waals surface area contributed by atoms with Crippen molar-refractivity contribution in [2.45, 2.75) is 18.9 Å². The number of carbonyl (C=O) groups is 1. The van der Waals surface area contributed by atoms with E-state index in [0.717, 1.165) is 23.9 Å². The quantitative estimate of drug-likeness (QED) is 0.175. The average Bonchev–Trinajstić information content (AvgIpc) is 3.60. The van der Waals surface area contributed by atoms with Crippen LogP contribution >= 0.6 is 11.8 Å². The van der Waals surface area contributed by atoms with E-state index in [1.54, 1.807) is 31.2 Å². The van der Waals surface area contributed by atoms with Crippen molar-refractivity contribution in [3.63, 3.8) is 0 Å². The van der Waals surface area contributed by atoms with Gasteiger partial charge in [0.1, 0.15) is 34.3 Å². The van der Waals surface area contributed by atoms with Crippen LogP contribution in [-0.4, -0.2) is 35.3 Å². The number of aryl methyl sites for hydroxylation is 1. The highest BCUT2D eigenvalue weighted by atomic mass is 32.2. The van der Waals surface area contributed by atoms with Crippen molar-refractivity contribution in [1.29, 1.82) is 0 Å². The predicted molar refractivity (Wildman–Crippen MR) is 141 cm³/mol. The Morgan fingerprint density at radius 2 is 1.76 bits per heavy atom. The van der Waals surface area contributed by atoms with E-state index < -0.39 is 45.9 Å². The van der Waals surface area contributed by atoms with Crippen LogP contribution in [-0.2, 0) is 6.61 Å². The smallest absolute Gasteiger partial charge is 0.278 e. The molecule has 0 saturated carbocycles. The topological polar surface area (TPSA) is 86.4 Å². The minimum Gasteiger partial charge on any atom is -0.493 e. The number of para-hydroxylation sites is 1. The molecule has 4 aromatic rings. The first kappa shape index (κ1) is 28.0. The summed E-state index contributed by atoms with van der Waals surface area (Å²) < 4.78 is 78.6. The van der Waals surface area contributed by atoms with Gasteiger partial charge in [0, 0.05) is 17.2 Å². The number of thioether (sulfide) groups is 1. The van der Waals surface area contributed by atoms with E-state index in [-0.39, 0.29) is 17.4 Å². The monoisotopic (exact) mass is 587 g/mol. The number of hydrogen-bond acceptors (Lipinski definition) is 8. The summed E-state index contributed by atoms with van der Waals surface area (Å²) in [5, 5.41) is 8.49. The number of aromatic nitrogens is 1. The second-order valence-corrected chi connectivity index (χ2v) is 9.76. The molecule has 0 fully saturated rings. The highest BCUT2D eigenvalue weighted by molar-refractivity contribution is 8.14. The molecule has 0 spiro atoms. The molecule has 0 aliphatic carbocycles. The van der Waals surface area contributed by atoms with Gasteiger partial charge in [0.2, 0.25) is 5.82 Å². The molecule has 1 aliphatic heterocycles. The van der Waals surface area contributed by atoms with E-state index in [1.165, 1.54) is 31.4 Å². The third-order valence-electron chi connectivity index (χ3n) is 6.03. The second-order valence-electron chi connectivity index (χ2n) is 8.70. The van der Waals surface area contributed by atoms with Crippen LogP contribution in [0.3, 0.4) is 0 Å². The molecular formula is C28H21F4N3O5S. The Morgan fingerprint density at radius 3 is 2.41 bits per heavy atom. The minimum atomic E-state index is -1.57. The molecular weight excluding hydrogens is 566 g/mol. The van der Waals surface area contributed by atoms with Gasteiger partial charge in [-0.25, -0.2) is 18.2 Å². The zero-order valence-electron chi connectivity index (χ0n) is 21.8. The van der Waals surface area contributed by atoms with Gasteiger partial charge in [-0.1, -0.05) is 29.1 Å². The van der Waals surface area contributed by atoms with E-state index in [2.05, 4.69) is 15.0 Å². The molecule has 1 aromatic heterocycles. The Bertz CT molecular complexity index is 1640. The molecule has 212 valence electrons. The average molecular weight is 588 g/mol. The van der Waals surface area contributed by atoms with Gasteiger partial charge in [0.25, 0.3) is 5.91 Å². The number of methoxy groups -OCH3 is 2. The van der Waals surface area contributed by atoms with Crippen LogP contribution in [0, 0.1) is 30.2 Å². The normalized spacial score (nSPS) is 14.7. The van der Waals surface area contributed by atoms with E-state index in [4.69, 9.17) is 14.0 Å². The Kier molecular flexibility index (Phi) is 7.88. The SMILES string of the molecule is COc1cccc(C2SC(c3ccc(F)cc3)=NN2C(=O)c2cc(F)c(F)c(OC)c2F)c1OCc1cc(C)on1. The molecule has 0 N–H and O–H groups in total. The summed E-state index contributed by atoms with van der Waals surface area (Å²) in [5.41, 5.74) is 0.534. The summed E-state index contributed by atoms with van der Waals surface area (Å²) in [6, 6.07) is 12.4. The fourth-order valence-electron chi connectivity index (χ4n) is 4.11. The van der Waals surface area contributed by atoms with Gasteiger partial charge in [-0.3, -0.25) is 4.79 Å². The van der Waals surface area contributed by atoms with Crippen molar-refractivity contribution in [3.8, 4) is 17.2 Å². The van der Waals surface area contributed by atoms with Gasteiger partial charge in [0.15, 0.2) is 28.9 Å². The maximum Gasteiger partial charge on any atom is 0.278 e. The maximum absolute atomic E-state index is 15.2. The Balaban J connectivity index is 1.60. The molecule has 3 aromatic carbocycles. The summed E-state index contributed by atoms with van der Waals surface area (Å²) in [5.74, 6) is -5.95. The first-order chi connectivity index (χ1) is 19.7. The van der Waals surface area contributed by atoms with Crippen LogP contribution in [0.25, 0.3) is 0 Å². The molecule has 1 amide bonds. The zero-order valence-corrected chi connectivity index (χ0v) is 22.6.